The topological polar surface area (TPSA) is 66.5 Å². The van der Waals surface area contributed by atoms with Gasteiger partial charge in [0.2, 0.25) is 5.91 Å². The number of amides is 1. The summed E-state index contributed by atoms with van der Waals surface area (Å²) in [5, 5.41) is 2.69. The molecule has 0 saturated heterocycles. The minimum Gasteiger partial charge on any atom is -0.354 e. The second kappa shape index (κ2) is 9.70. The summed E-state index contributed by atoms with van der Waals surface area (Å²) in [5.74, 6) is -1.39. The number of anilines is 1. The average Bonchev–Trinajstić information content (AvgIpc) is 2.74. The fourth-order valence-electron chi connectivity index (χ4n) is 2.94. The monoisotopic (exact) mass is 444 g/mol. The Morgan fingerprint density at radius 2 is 1.42 bits per heavy atom. The SMILES string of the molecule is Cc1ccc(N(CC(=O)NCCc2ccc(F)cc2)S(=O)(=O)c2ccc(F)cc2)cc1. The molecular weight excluding hydrogens is 422 g/mol. The molecule has 3 aromatic rings. The number of aryl methyl sites for hydroxylation is 1. The number of benzene rings is 3. The molecule has 0 aliphatic carbocycles. The molecule has 5 nitrogen and oxygen atoms in total. The molecule has 0 atom stereocenters. The Bertz CT molecular complexity index is 1130. The number of nitrogens with zero attached hydrogens (tertiary/aromatic N) is 1. The fourth-order valence-corrected chi connectivity index (χ4v) is 4.36. The molecule has 0 heterocycles. The molecule has 0 aliphatic heterocycles. The van der Waals surface area contributed by atoms with Crippen LogP contribution in [0.4, 0.5) is 14.5 Å². The van der Waals surface area contributed by atoms with Crippen molar-refractivity contribution in [3.63, 3.8) is 0 Å². The summed E-state index contributed by atoms with van der Waals surface area (Å²) < 4.78 is 53.6. The molecule has 1 N–H and O–H groups in total. The summed E-state index contributed by atoms with van der Waals surface area (Å²) >= 11 is 0. The second-order valence-electron chi connectivity index (χ2n) is 7.03. The highest BCUT2D eigenvalue weighted by Gasteiger charge is 2.27. The highest BCUT2D eigenvalue weighted by molar-refractivity contribution is 7.92. The van der Waals surface area contributed by atoms with Crippen LogP contribution in [-0.4, -0.2) is 27.4 Å². The number of carbonyl (C=O) groups is 1. The van der Waals surface area contributed by atoms with Gasteiger partial charge in [-0.25, -0.2) is 17.2 Å². The van der Waals surface area contributed by atoms with Crippen molar-refractivity contribution in [1.82, 2.24) is 5.32 Å². The largest absolute Gasteiger partial charge is 0.354 e. The standard InChI is InChI=1S/C23H22F2N2O3S/c1-17-2-10-21(11-3-17)27(31(29,30)22-12-8-20(25)9-13-22)16-23(28)26-15-14-18-4-6-19(24)7-5-18/h2-13H,14-16H2,1H3,(H,26,28). The van der Waals surface area contributed by atoms with E-state index in [2.05, 4.69) is 5.32 Å². The van der Waals surface area contributed by atoms with Gasteiger partial charge in [0, 0.05) is 6.54 Å². The van der Waals surface area contributed by atoms with Crippen LogP contribution in [0.25, 0.3) is 0 Å². The van der Waals surface area contributed by atoms with E-state index in [-0.39, 0.29) is 17.3 Å². The van der Waals surface area contributed by atoms with E-state index in [4.69, 9.17) is 0 Å². The van der Waals surface area contributed by atoms with Gasteiger partial charge in [-0.15, -0.1) is 0 Å². The quantitative estimate of drug-likeness (QED) is 0.574. The fraction of sp³-hybridized carbons (Fsp3) is 0.174. The maximum atomic E-state index is 13.3. The van der Waals surface area contributed by atoms with Crippen LogP contribution in [0.3, 0.4) is 0 Å². The first kappa shape index (κ1) is 22.4. The van der Waals surface area contributed by atoms with Crippen LogP contribution < -0.4 is 9.62 Å². The Morgan fingerprint density at radius 1 is 0.871 bits per heavy atom. The molecule has 162 valence electrons. The van der Waals surface area contributed by atoms with Gasteiger partial charge in [-0.2, -0.15) is 0 Å². The van der Waals surface area contributed by atoms with Crippen LogP contribution in [0, 0.1) is 18.6 Å². The lowest BCUT2D eigenvalue weighted by Crippen LogP contribution is -2.41. The summed E-state index contributed by atoms with van der Waals surface area (Å²) in [6.07, 6.45) is 0.473. The van der Waals surface area contributed by atoms with Crippen LogP contribution in [-0.2, 0) is 21.2 Å². The number of hydrogen-bond donors (Lipinski definition) is 1. The summed E-state index contributed by atoms with van der Waals surface area (Å²) in [6.45, 7) is 1.69. The van der Waals surface area contributed by atoms with Gasteiger partial charge >= 0.3 is 0 Å². The first-order valence-electron chi connectivity index (χ1n) is 9.62. The summed E-state index contributed by atoms with van der Waals surface area (Å²) in [5.41, 5.74) is 2.10. The van der Waals surface area contributed by atoms with E-state index in [9.17, 15) is 22.0 Å². The van der Waals surface area contributed by atoms with Crippen molar-refractivity contribution >= 4 is 21.6 Å². The van der Waals surface area contributed by atoms with Gasteiger partial charge in [-0.1, -0.05) is 29.8 Å². The van der Waals surface area contributed by atoms with Crippen molar-refractivity contribution < 1.29 is 22.0 Å². The molecule has 0 saturated carbocycles. The normalized spacial score (nSPS) is 11.2. The van der Waals surface area contributed by atoms with Crippen LogP contribution in [0.2, 0.25) is 0 Å². The van der Waals surface area contributed by atoms with Gasteiger partial charge in [0.25, 0.3) is 10.0 Å². The van der Waals surface area contributed by atoms with Crippen molar-refractivity contribution in [2.75, 3.05) is 17.4 Å². The maximum Gasteiger partial charge on any atom is 0.264 e. The minimum atomic E-state index is -4.10. The smallest absolute Gasteiger partial charge is 0.264 e. The summed E-state index contributed by atoms with van der Waals surface area (Å²) in [6, 6.07) is 17.1. The zero-order valence-corrected chi connectivity index (χ0v) is 17.7. The highest BCUT2D eigenvalue weighted by atomic mass is 32.2. The van der Waals surface area contributed by atoms with Gasteiger partial charge < -0.3 is 5.32 Å². The third kappa shape index (κ3) is 5.88. The highest BCUT2D eigenvalue weighted by Crippen LogP contribution is 2.24. The predicted molar refractivity (Wildman–Crippen MR) is 115 cm³/mol. The zero-order chi connectivity index (χ0) is 22.4. The number of rotatable bonds is 8. The molecule has 8 heteroatoms. The molecule has 3 aromatic carbocycles. The van der Waals surface area contributed by atoms with Crippen LogP contribution in [0.5, 0.6) is 0 Å². The van der Waals surface area contributed by atoms with Crippen molar-refractivity contribution in [1.29, 1.82) is 0 Å². The van der Waals surface area contributed by atoms with Crippen molar-refractivity contribution in [3.05, 3.63) is 95.6 Å². The van der Waals surface area contributed by atoms with Gasteiger partial charge in [-0.05, 0) is 67.4 Å². The van der Waals surface area contributed by atoms with Crippen molar-refractivity contribution in [3.8, 4) is 0 Å². The van der Waals surface area contributed by atoms with Crippen molar-refractivity contribution in [2.24, 2.45) is 0 Å². The molecule has 3 rings (SSSR count). The summed E-state index contributed by atoms with van der Waals surface area (Å²) in [7, 11) is -4.10. The number of nitrogens with one attached hydrogen (secondary N) is 1. The van der Waals surface area contributed by atoms with E-state index in [0.29, 0.717) is 12.1 Å². The lowest BCUT2D eigenvalue weighted by molar-refractivity contribution is -0.119. The van der Waals surface area contributed by atoms with Gasteiger partial charge in [0.15, 0.2) is 0 Å². The van der Waals surface area contributed by atoms with Crippen molar-refractivity contribution in [2.45, 2.75) is 18.2 Å². The molecule has 31 heavy (non-hydrogen) atoms. The number of hydrogen-bond acceptors (Lipinski definition) is 3. The van der Waals surface area contributed by atoms with E-state index in [1.54, 1.807) is 36.4 Å². The van der Waals surface area contributed by atoms with E-state index in [1.165, 1.54) is 12.1 Å². The maximum absolute atomic E-state index is 13.3. The minimum absolute atomic E-state index is 0.117. The Balaban J connectivity index is 1.76. The molecule has 0 spiro atoms. The molecule has 0 aromatic heterocycles. The van der Waals surface area contributed by atoms with E-state index in [0.717, 1.165) is 39.7 Å². The predicted octanol–water partition coefficient (Wildman–Crippen LogP) is 3.83. The Hall–Kier alpha value is -3.26. The molecule has 1 amide bonds. The zero-order valence-electron chi connectivity index (χ0n) is 16.9. The Morgan fingerprint density at radius 3 is 2.00 bits per heavy atom. The molecule has 0 bridgehead atoms. The van der Waals surface area contributed by atoms with Crippen LogP contribution >= 0.6 is 0 Å². The van der Waals surface area contributed by atoms with Gasteiger partial charge in [0.1, 0.15) is 18.2 Å². The Kier molecular flexibility index (Phi) is 7.02. The second-order valence-corrected chi connectivity index (χ2v) is 8.89. The number of carbonyl (C=O) groups excluding carboxylic acids is 1. The molecule has 0 aliphatic rings. The lowest BCUT2D eigenvalue weighted by atomic mass is 10.1. The van der Waals surface area contributed by atoms with Crippen LogP contribution in [0.1, 0.15) is 11.1 Å². The lowest BCUT2D eigenvalue weighted by Gasteiger charge is -2.24. The molecular formula is C23H22F2N2O3S. The van der Waals surface area contributed by atoms with Gasteiger partial charge in [-0.3, -0.25) is 9.10 Å². The number of halogens is 2. The number of sulfonamides is 1. The van der Waals surface area contributed by atoms with E-state index >= 15 is 0 Å². The molecule has 0 radical (unpaired) electrons. The Labute approximate surface area is 180 Å². The third-order valence-corrected chi connectivity index (χ3v) is 6.45. The van der Waals surface area contributed by atoms with Crippen LogP contribution in [0.15, 0.2) is 77.7 Å². The van der Waals surface area contributed by atoms with E-state index < -0.39 is 28.3 Å². The first-order chi connectivity index (χ1) is 14.8. The average molecular weight is 445 g/mol. The van der Waals surface area contributed by atoms with E-state index in [1.807, 2.05) is 6.92 Å². The first-order valence-corrected chi connectivity index (χ1v) is 11.1. The summed E-state index contributed by atoms with van der Waals surface area (Å²) in [4.78, 5) is 12.4. The molecule has 0 fully saturated rings. The molecule has 0 unspecified atom stereocenters. The third-order valence-electron chi connectivity index (χ3n) is 4.66. The van der Waals surface area contributed by atoms with Gasteiger partial charge in [0.05, 0.1) is 10.6 Å².